The summed E-state index contributed by atoms with van der Waals surface area (Å²) in [5, 5.41) is 16.9. The lowest BCUT2D eigenvalue weighted by molar-refractivity contribution is -0.142. The van der Waals surface area contributed by atoms with Crippen LogP contribution >= 0.6 is 0 Å². The summed E-state index contributed by atoms with van der Waals surface area (Å²) in [6.45, 7) is 5.32. The van der Waals surface area contributed by atoms with Crippen molar-refractivity contribution < 1.29 is 24.3 Å². The SMILES string of the molecule is CC(C)C[C@H](NC(=O)[C@H](C)NC(=O)[C@H](Cc1ccccc1)NC(=O)CCN)C(=O)O. The van der Waals surface area contributed by atoms with E-state index in [4.69, 9.17) is 5.73 Å². The third kappa shape index (κ3) is 9.04. The van der Waals surface area contributed by atoms with Gasteiger partial charge in [0.2, 0.25) is 17.7 Å². The number of carboxylic acids is 1. The van der Waals surface area contributed by atoms with Gasteiger partial charge in [0.1, 0.15) is 18.1 Å². The summed E-state index contributed by atoms with van der Waals surface area (Å²) in [6, 6.07) is 6.23. The zero-order valence-electron chi connectivity index (χ0n) is 17.7. The molecule has 0 aliphatic carbocycles. The molecule has 3 amide bonds. The second-order valence-corrected chi connectivity index (χ2v) is 7.61. The Hall–Kier alpha value is -2.94. The monoisotopic (exact) mass is 420 g/mol. The van der Waals surface area contributed by atoms with Crippen molar-refractivity contribution in [2.75, 3.05) is 6.54 Å². The van der Waals surface area contributed by atoms with Crippen LogP contribution in [0.1, 0.15) is 39.2 Å². The summed E-state index contributed by atoms with van der Waals surface area (Å²) in [4.78, 5) is 48.5. The largest absolute Gasteiger partial charge is 0.480 e. The van der Waals surface area contributed by atoms with Crippen molar-refractivity contribution in [3.05, 3.63) is 35.9 Å². The van der Waals surface area contributed by atoms with Gasteiger partial charge in [0.25, 0.3) is 0 Å². The molecule has 1 rings (SSSR count). The van der Waals surface area contributed by atoms with Crippen LogP contribution in [0.5, 0.6) is 0 Å². The number of rotatable bonds is 12. The fourth-order valence-corrected chi connectivity index (χ4v) is 2.83. The zero-order chi connectivity index (χ0) is 22.7. The molecule has 166 valence electrons. The maximum Gasteiger partial charge on any atom is 0.326 e. The van der Waals surface area contributed by atoms with Gasteiger partial charge in [-0.3, -0.25) is 14.4 Å². The number of carbonyl (C=O) groups excluding carboxylic acids is 3. The van der Waals surface area contributed by atoms with Gasteiger partial charge in [-0.2, -0.15) is 0 Å². The smallest absolute Gasteiger partial charge is 0.326 e. The quantitative estimate of drug-likeness (QED) is 0.325. The molecule has 1 aromatic rings. The van der Waals surface area contributed by atoms with Crippen molar-refractivity contribution >= 4 is 23.7 Å². The normalized spacial score (nSPS) is 13.8. The lowest BCUT2D eigenvalue weighted by Gasteiger charge is -2.23. The first-order valence-electron chi connectivity index (χ1n) is 10.0. The topological polar surface area (TPSA) is 151 Å². The Morgan fingerprint density at radius 3 is 2.10 bits per heavy atom. The summed E-state index contributed by atoms with van der Waals surface area (Å²) >= 11 is 0. The average Bonchev–Trinajstić information content (AvgIpc) is 2.67. The Labute approximate surface area is 176 Å². The van der Waals surface area contributed by atoms with Crippen molar-refractivity contribution in [1.29, 1.82) is 0 Å². The number of hydrogen-bond donors (Lipinski definition) is 5. The molecular weight excluding hydrogens is 388 g/mol. The summed E-state index contributed by atoms with van der Waals surface area (Å²) in [5.41, 5.74) is 6.24. The van der Waals surface area contributed by atoms with Crippen molar-refractivity contribution in [3.63, 3.8) is 0 Å². The lowest BCUT2D eigenvalue weighted by atomic mass is 10.0. The van der Waals surface area contributed by atoms with Crippen LogP contribution in [0.2, 0.25) is 0 Å². The van der Waals surface area contributed by atoms with Crippen LogP contribution in [0.4, 0.5) is 0 Å². The molecule has 0 saturated carbocycles. The maximum absolute atomic E-state index is 12.7. The van der Waals surface area contributed by atoms with Gasteiger partial charge in [0, 0.05) is 19.4 Å². The first kappa shape index (κ1) is 25.1. The molecule has 0 spiro atoms. The van der Waals surface area contributed by atoms with Gasteiger partial charge in [-0.05, 0) is 24.8 Å². The van der Waals surface area contributed by atoms with E-state index in [1.807, 2.05) is 44.2 Å². The number of benzene rings is 1. The minimum atomic E-state index is -1.13. The van der Waals surface area contributed by atoms with Crippen molar-refractivity contribution in [2.45, 2.75) is 58.2 Å². The molecule has 0 aromatic heterocycles. The van der Waals surface area contributed by atoms with Crippen LogP contribution in [-0.4, -0.2) is 53.5 Å². The number of carboxylic acid groups (broad SMARTS) is 1. The molecule has 30 heavy (non-hydrogen) atoms. The summed E-state index contributed by atoms with van der Waals surface area (Å²) < 4.78 is 0. The van der Waals surface area contributed by atoms with Gasteiger partial charge in [-0.15, -0.1) is 0 Å². The Morgan fingerprint density at radius 2 is 1.57 bits per heavy atom. The maximum atomic E-state index is 12.7. The Balaban J connectivity index is 2.80. The summed E-state index contributed by atoms with van der Waals surface area (Å²) in [6.07, 6.45) is 0.583. The first-order valence-corrected chi connectivity index (χ1v) is 10.0. The highest BCUT2D eigenvalue weighted by atomic mass is 16.4. The molecule has 0 aliphatic heterocycles. The lowest BCUT2D eigenvalue weighted by Crippen LogP contribution is -2.55. The molecule has 0 fully saturated rings. The highest BCUT2D eigenvalue weighted by Gasteiger charge is 2.27. The third-order valence-electron chi connectivity index (χ3n) is 4.38. The van der Waals surface area contributed by atoms with Crippen LogP contribution in [0, 0.1) is 5.92 Å². The first-order chi connectivity index (χ1) is 14.1. The third-order valence-corrected chi connectivity index (χ3v) is 4.38. The second kappa shape index (κ2) is 12.6. The van der Waals surface area contributed by atoms with E-state index in [1.54, 1.807) is 0 Å². The second-order valence-electron chi connectivity index (χ2n) is 7.61. The van der Waals surface area contributed by atoms with Gasteiger partial charge in [0.15, 0.2) is 0 Å². The van der Waals surface area contributed by atoms with Gasteiger partial charge in [-0.25, -0.2) is 4.79 Å². The molecule has 9 heteroatoms. The molecule has 6 N–H and O–H groups in total. The summed E-state index contributed by atoms with van der Waals surface area (Å²) in [5.74, 6) is -2.57. The van der Waals surface area contributed by atoms with Crippen LogP contribution in [0.25, 0.3) is 0 Å². The van der Waals surface area contributed by atoms with Crippen LogP contribution in [-0.2, 0) is 25.6 Å². The van der Waals surface area contributed by atoms with E-state index in [0.717, 1.165) is 5.56 Å². The van der Waals surface area contributed by atoms with Crippen LogP contribution in [0.3, 0.4) is 0 Å². The van der Waals surface area contributed by atoms with Crippen molar-refractivity contribution in [3.8, 4) is 0 Å². The average molecular weight is 421 g/mol. The molecule has 1 aromatic carbocycles. The Morgan fingerprint density at radius 1 is 0.933 bits per heavy atom. The minimum absolute atomic E-state index is 0.0734. The van der Waals surface area contributed by atoms with E-state index < -0.39 is 35.9 Å². The van der Waals surface area contributed by atoms with Gasteiger partial charge in [0.05, 0.1) is 0 Å². The van der Waals surface area contributed by atoms with E-state index >= 15 is 0 Å². The Bertz CT molecular complexity index is 723. The summed E-state index contributed by atoms with van der Waals surface area (Å²) in [7, 11) is 0. The molecule has 0 bridgehead atoms. The number of hydrogen-bond acceptors (Lipinski definition) is 5. The number of amides is 3. The van der Waals surface area contributed by atoms with E-state index in [1.165, 1.54) is 6.92 Å². The number of nitrogens with two attached hydrogens (primary N) is 1. The molecule has 0 heterocycles. The highest BCUT2D eigenvalue weighted by Crippen LogP contribution is 2.06. The Kier molecular flexibility index (Phi) is 10.5. The molecule has 0 radical (unpaired) electrons. The molecule has 0 unspecified atom stereocenters. The number of carbonyl (C=O) groups is 4. The number of aliphatic carboxylic acids is 1. The van der Waals surface area contributed by atoms with Gasteiger partial charge >= 0.3 is 5.97 Å². The fourth-order valence-electron chi connectivity index (χ4n) is 2.83. The molecule has 9 nitrogen and oxygen atoms in total. The van der Waals surface area contributed by atoms with Crippen molar-refractivity contribution in [2.24, 2.45) is 11.7 Å². The van der Waals surface area contributed by atoms with E-state index in [-0.39, 0.29) is 37.6 Å². The fraction of sp³-hybridized carbons (Fsp3) is 0.524. The van der Waals surface area contributed by atoms with E-state index in [0.29, 0.717) is 0 Å². The zero-order valence-corrected chi connectivity index (χ0v) is 17.7. The molecule has 0 aliphatic rings. The standard InChI is InChI=1S/C21H32N4O5/c1-13(2)11-17(21(29)30)25-19(27)14(3)23-20(28)16(24-18(26)9-10-22)12-15-7-5-4-6-8-15/h4-8,13-14,16-17H,9-12,22H2,1-3H3,(H,23,28)(H,24,26)(H,25,27)(H,29,30)/t14-,16-,17-/m0/s1. The van der Waals surface area contributed by atoms with Gasteiger partial charge in [-0.1, -0.05) is 44.2 Å². The van der Waals surface area contributed by atoms with Crippen molar-refractivity contribution in [1.82, 2.24) is 16.0 Å². The minimum Gasteiger partial charge on any atom is -0.480 e. The van der Waals surface area contributed by atoms with Crippen LogP contribution < -0.4 is 21.7 Å². The number of nitrogens with one attached hydrogen (secondary N) is 3. The highest BCUT2D eigenvalue weighted by molar-refractivity contribution is 5.93. The van der Waals surface area contributed by atoms with Crippen LogP contribution in [0.15, 0.2) is 30.3 Å². The molecule has 3 atom stereocenters. The molecule has 0 saturated heterocycles. The van der Waals surface area contributed by atoms with E-state index in [2.05, 4.69) is 16.0 Å². The van der Waals surface area contributed by atoms with E-state index in [9.17, 15) is 24.3 Å². The molecular formula is C21H32N4O5. The predicted molar refractivity (Wildman–Crippen MR) is 112 cm³/mol. The predicted octanol–water partition coefficient (Wildman–Crippen LogP) is 0.183. The van der Waals surface area contributed by atoms with Gasteiger partial charge < -0.3 is 26.8 Å².